The molecule has 1 aliphatic rings. The fourth-order valence-electron chi connectivity index (χ4n) is 6.71. The summed E-state index contributed by atoms with van der Waals surface area (Å²) in [5.41, 5.74) is 1.76. The predicted octanol–water partition coefficient (Wildman–Crippen LogP) is 8.34. The van der Waals surface area contributed by atoms with Crippen LogP contribution in [0.2, 0.25) is 0 Å². The highest BCUT2D eigenvalue weighted by atomic mass is 32.2. The zero-order chi connectivity index (χ0) is 34.6. The number of thioether (sulfide) groups is 1. The molecule has 1 N–H and O–H groups in total. The number of hydrogen-bond donors (Lipinski definition) is 1. The Kier molecular flexibility index (Phi) is 10.3. The third kappa shape index (κ3) is 7.46. The van der Waals surface area contributed by atoms with E-state index in [4.69, 9.17) is 4.74 Å². The first-order valence-corrected chi connectivity index (χ1v) is 17.8. The highest BCUT2D eigenvalue weighted by molar-refractivity contribution is 8.01. The Labute approximate surface area is 287 Å². The lowest BCUT2D eigenvalue weighted by atomic mass is 9.84. The van der Waals surface area contributed by atoms with Crippen LogP contribution in [0.25, 0.3) is 0 Å². The van der Waals surface area contributed by atoms with Crippen molar-refractivity contribution in [1.82, 2.24) is 4.31 Å². The van der Waals surface area contributed by atoms with Crippen LogP contribution in [0.15, 0.2) is 127 Å². The van der Waals surface area contributed by atoms with E-state index in [1.165, 1.54) is 24.3 Å². The molecule has 0 aliphatic carbocycles. The first kappa shape index (κ1) is 34.8. The Morgan fingerprint density at radius 1 is 0.755 bits per heavy atom. The third-order valence-corrected chi connectivity index (χ3v) is 11.6. The number of hydrogen-bond acceptors (Lipinski definition) is 4. The van der Waals surface area contributed by atoms with Crippen molar-refractivity contribution in [3.63, 3.8) is 0 Å². The summed E-state index contributed by atoms with van der Waals surface area (Å²) in [6.07, 6.45) is 0.183. The van der Waals surface area contributed by atoms with Crippen LogP contribution in [0, 0.1) is 23.3 Å². The largest absolute Gasteiger partial charge is 0.375 e. The van der Waals surface area contributed by atoms with Crippen LogP contribution >= 0.6 is 11.8 Å². The summed E-state index contributed by atoms with van der Waals surface area (Å²) in [5.74, 6) is -4.10. The van der Waals surface area contributed by atoms with Crippen LogP contribution in [0.1, 0.15) is 34.2 Å². The highest BCUT2D eigenvalue weighted by Crippen LogP contribution is 2.54. The minimum Gasteiger partial charge on any atom is -0.375 e. The van der Waals surface area contributed by atoms with E-state index < -0.39 is 55.7 Å². The number of ether oxygens (including phenoxy) is 1. The van der Waals surface area contributed by atoms with E-state index in [2.05, 4.69) is 0 Å². The molecule has 1 aliphatic heterocycles. The van der Waals surface area contributed by atoms with Gasteiger partial charge in [0, 0.05) is 23.4 Å². The van der Waals surface area contributed by atoms with E-state index >= 15 is 0 Å². The zero-order valence-corrected chi connectivity index (χ0v) is 27.8. The molecule has 0 radical (unpaired) electrons. The molecule has 0 amide bonds. The van der Waals surface area contributed by atoms with Crippen molar-refractivity contribution in [2.24, 2.45) is 0 Å². The first-order chi connectivity index (χ1) is 23.5. The SMILES string of the molecule is O=S(=O)(O)N1C[C@H](SC(c2ccccc2)(c2ccccc2)c2ccccc2)C[C@]1(COCc1cc(F)c(F)cc1F)Cc1ccc(F)cc1. The van der Waals surface area contributed by atoms with Crippen molar-refractivity contribution >= 4 is 22.1 Å². The summed E-state index contributed by atoms with van der Waals surface area (Å²) < 4.78 is 99.2. The molecule has 254 valence electrons. The van der Waals surface area contributed by atoms with Crippen LogP contribution in [0.3, 0.4) is 0 Å². The summed E-state index contributed by atoms with van der Waals surface area (Å²) in [6.45, 7) is -0.941. The maximum absolute atomic E-state index is 14.5. The molecule has 0 aromatic heterocycles. The lowest BCUT2D eigenvalue weighted by Gasteiger charge is -2.38. The van der Waals surface area contributed by atoms with E-state index in [1.807, 2.05) is 91.0 Å². The van der Waals surface area contributed by atoms with Gasteiger partial charge in [0.05, 0.1) is 23.5 Å². The molecule has 1 fully saturated rings. The van der Waals surface area contributed by atoms with Crippen molar-refractivity contribution < 1.29 is 35.3 Å². The second-order valence-corrected chi connectivity index (χ2v) is 15.0. The van der Waals surface area contributed by atoms with E-state index in [1.54, 1.807) is 11.8 Å². The van der Waals surface area contributed by atoms with E-state index in [0.29, 0.717) is 17.7 Å². The zero-order valence-electron chi connectivity index (χ0n) is 26.2. The number of halogens is 4. The van der Waals surface area contributed by atoms with Crippen LogP contribution < -0.4 is 0 Å². The summed E-state index contributed by atoms with van der Waals surface area (Å²) >= 11 is 1.55. The number of nitrogens with zero attached hydrogens (tertiary/aromatic N) is 1. The van der Waals surface area contributed by atoms with Gasteiger partial charge in [-0.25, -0.2) is 17.6 Å². The van der Waals surface area contributed by atoms with Gasteiger partial charge in [-0.05, 0) is 53.3 Å². The second-order valence-electron chi connectivity index (χ2n) is 12.1. The molecule has 5 aromatic carbocycles. The molecular formula is C38H33F4NO4S2. The average molecular weight is 708 g/mol. The van der Waals surface area contributed by atoms with Gasteiger partial charge in [-0.3, -0.25) is 4.55 Å². The second kappa shape index (κ2) is 14.5. The van der Waals surface area contributed by atoms with Gasteiger partial charge in [0.15, 0.2) is 11.6 Å². The quantitative estimate of drug-likeness (QED) is 0.0612. The number of benzene rings is 5. The smallest absolute Gasteiger partial charge is 0.336 e. The Hall–Kier alpha value is -4.00. The Morgan fingerprint density at radius 2 is 1.27 bits per heavy atom. The van der Waals surface area contributed by atoms with Crippen LogP contribution in [0.4, 0.5) is 17.6 Å². The lowest BCUT2D eigenvalue weighted by molar-refractivity contribution is 0.0329. The number of rotatable bonds is 12. The molecule has 0 bridgehead atoms. The molecule has 0 unspecified atom stereocenters. The monoisotopic (exact) mass is 707 g/mol. The van der Waals surface area contributed by atoms with Gasteiger partial charge < -0.3 is 4.74 Å². The van der Waals surface area contributed by atoms with Gasteiger partial charge >= 0.3 is 10.3 Å². The molecule has 1 saturated heterocycles. The van der Waals surface area contributed by atoms with E-state index in [-0.39, 0.29) is 31.6 Å². The fourth-order valence-corrected chi connectivity index (χ4v) is 9.79. The first-order valence-electron chi connectivity index (χ1n) is 15.6. The van der Waals surface area contributed by atoms with E-state index in [9.17, 15) is 30.5 Å². The normalized spacial score (nSPS) is 18.5. The van der Waals surface area contributed by atoms with Crippen molar-refractivity contribution in [1.29, 1.82) is 0 Å². The maximum Gasteiger partial charge on any atom is 0.336 e. The van der Waals surface area contributed by atoms with Gasteiger partial charge in [-0.2, -0.15) is 12.7 Å². The molecule has 11 heteroatoms. The Morgan fingerprint density at radius 3 is 1.78 bits per heavy atom. The molecule has 2 atom stereocenters. The summed E-state index contributed by atoms with van der Waals surface area (Å²) in [5, 5.41) is -0.438. The minimum atomic E-state index is -4.85. The molecular weight excluding hydrogens is 675 g/mol. The summed E-state index contributed by atoms with van der Waals surface area (Å²) in [4.78, 5) is 0. The van der Waals surface area contributed by atoms with Crippen molar-refractivity contribution in [3.8, 4) is 0 Å². The van der Waals surface area contributed by atoms with Gasteiger partial charge in [0.2, 0.25) is 0 Å². The third-order valence-electron chi connectivity index (χ3n) is 8.83. The molecule has 5 nitrogen and oxygen atoms in total. The molecule has 49 heavy (non-hydrogen) atoms. The molecule has 1 heterocycles. The maximum atomic E-state index is 14.5. The van der Waals surface area contributed by atoms with Crippen LogP contribution in [-0.4, -0.2) is 41.2 Å². The van der Waals surface area contributed by atoms with Gasteiger partial charge in [-0.1, -0.05) is 103 Å². The van der Waals surface area contributed by atoms with Crippen LogP contribution in [0.5, 0.6) is 0 Å². The Balaban J connectivity index is 1.43. The summed E-state index contributed by atoms with van der Waals surface area (Å²) in [6, 6.07) is 36.2. The Bertz CT molecular complexity index is 1890. The van der Waals surface area contributed by atoms with Crippen LogP contribution in [-0.2, 0) is 32.8 Å². The minimum absolute atomic E-state index is 0.0133. The fraction of sp³-hybridized carbons (Fsp3) is 0.211. The van der Waals surface area contributed by atoms with Crippen molar-refractivity contribution in [2.45, 2.75) is 35.0 Å². The molecule has 5 aromatic rings. The standard InChI is InChI=1S/C38H33F4NO4S2/c39-32-18-16-27(17-19-32)22-37(26-47-25-28-20-35(41)36(42)21-34(28)40)23-33(24-43(37)49(44,45)46)48-38(29-10-4-1-5-11-29,30-12-6-2-7-13-30)31-14-8-3-9-15-31/h1-21,33H,22-26H2,(H,44,45,46)/t33-,37+/m1/s1. The van der Waals surface area contributed by atoms with E-state index in [0.717, 1.165) is 21.0 Å². The molecule has 0 saturated carbocycles. The molecule has 6 rings (SSSR count). The van der Waals surface area contributed by atoms with Gasteiger partial charge in [-0.15, -0.1) is 11.8 Å². The van der Waals surface area contributed by atoms with Gasteiger partial charge in [0.25, 0.3) is 0 Å². The van der Waals surface area contributed by atoms with Crippen molar-refractivity contribution in [2.75, 3.05) is 13.2 Å². The predicted molar refractivity (Wildman–Crippen MR) is 182 cm³/mol. The molecule has 0 spiro atoms. The van der Waals surface area contributed by atoms with Gasteiger partial charge in [0.1, 0.15) is 11.6 Å². The van der Waals surface area contributed by atoms with Crippen molar-refractivity contribution in [3.05, 3.63) is 178 Å². The average Bonchev–Trinajstić information content (AvgIpc) is 3.46. The lowest BCUT2D eigenvalue weighted by Crippen LogP contribution is -2.51. The summed E-state index contributed by atoms with van der Waals surface area (Å²) in [7, 11) is -4.85. The topological polar surface area (TPSA) is 66.8 Å². The highest BCUT2D eigenvalue weighted by Gasteiger charge is 2.53.